The summed E-state index contributed by atoms with van der Waals surface area (Å²) in [4.78, 5) is 50.2. The van der Waals surface area contributed by atoms with Crippen molar-refractivity contribution in [1.29, 1.82) is 0 Å². The van der Waals surface area contributed by atoms with E-state index < -0.39 is 55.7 Å². The maximum Gasteiger partial charge on any atom is 0.491 e. The molecule has 2 heterocycles. The third kappa shape index (κ3) is 6.17. The van der Waals surface area contributed by atoms with E-state index in [4.69, 9.17) is 9.31 Å². The Morgan fingerprint density at radius 3 is 1.87 bits per heavy atom. The number of amides is 3. The molecule has 0 saturated carbocycles. The van der Waals surface area contributed by atoms with E-state index in [1.807, 2.05) is 0 Å². The van der Waals surface area contributed by atoms with Gasteiger partial charge in [-0.05, 0) is 49.0 Å². The number of halogens is 2. The summed E-state index contributed by atoms with van der Waals surface area (Å²) < 4.78 is 38.9. The molecule has 2 aliphatic rings. The van der Waals surface area contributed by atoms with Crippen LogP contribution in [0, 0.1) is 11.6 Å². The lowest BCUT2D eigenvalue weighted by atomic mass is 9.78. The highest BCUT2D eigenvalue weighted by Gasteiger charge is 2.34. The Morgan fingerprint density at radius 2 is 1.38 bits per heavy atom. The highest BCUT2D eigenvalue weighted by molar-refractivity contribution is 6.62. The van der Waals surface area contributed by atoms with Crippen molar-refractivity contribution in [3.05, 3.63) is 58.2 Å². The van der Waals surface area contributed by atoms with Crippen molar-refractivity contribution in [2.24, 2.45) is 0 Å². The van der Waals surface area contributed by atoms with Crippen LogP contribution in [-0.2, 0) is 32.1 Å². The third-order valence-electron chi connectivity index (χ3n) is 6.49. The summed E-state index contributed by atoms with van der Waals surface area (Å²) in [5.41, 5.74) is 0.0534. The molecule has 204 valence electrons. The molecule has 5 N–H and O–H groups in total. The fourth-order valence-corrected chi connectivity index (χ4v) is 4.31. The van der Waals surface area contributed by atoms with E-state index >= 15 is 0 Å². The lowest BCUT2D eigenvalue weighted by molar-refractivity contribution is -0.123. The van der Waals surface area contributed by atoms with Crippen LogP contribution in [0.1, 0.15) is 52.1 Å². The molecule has 0 unspecified atom stereocenters. The summed E-state index contributed by atoms with van der Waals surface area (Å²) in [7, 11) is -2.81. The molecule has 4 rings (SSSR count). The van der Waals surface area contributed by atoms with Gasteiger partial charge >= 0.3 is 14.2 Å². The molecule has 2 aromatic rings. The molecule has 0 aliphatic carbocycles. The monoisotopic (exact) mass is 543 g/mol. The fraction of sp³-hybridized carbons (Fsp3) is 0.333. The minimum absolute atomic E-state index is 0.0276. The van der Waals surface area contributed by atoms with Gasteiger partial charge in [0.1, 0.15) is 23.5 Å². The summed E-state index contributed by atoms with van der Waals surface area (Å²) in [5.74, 6) is -4.14. The normalized spacial score (nSPS) is 15.3. The van der Waals surface area contributed by atoms with Gasteiger partial charge in [0.2, 0.25) is 5.91 Å². The van der Waals surface area contributed by atoms with E-state index in [-0.39, 0.29) is 65.1 Å². The number of ketones is 1. The number of hydrogen-bond acceptors (Lipinski definition) is 8. The minimum Gasteiger partial charge on any atom is -0.423 e. The zero-order valence-electron chi connectivity index (χ0n) is 21.0. The van der Waals surface area contributed by atoms with Crippen LogP contribution in [0.15, 0.2) is 24.3 Å². The van der Waals surface area contributed by atoms with Gasteiger partial charge in [-0.1, -0.05) is 0 Å². The van der Waals surface area contributed by atoms with E-state index in [0.717, 1.165) is 12.1 Å². The number of hydrogen-bond donors (Lipinski definition) is 5. The van der Waals surface area contributed by atoms with Crippen LogP contribution < -0.4 is 26.9 Å². The van der Waals surface area contributed by atoms with Crippen molar-refractivity contribution in [3.63, 3.8) is 0 Å². The molecule has 0 radical (unpaired) electrons. The SMILES string of the molecule is CC(=O)CCNC(=O)[C@@H](NC(=O)c1cc(F)c2c(c1)B(O)OC2)[C@H](C)NC(=O)c1cc(F)c2c(c1)B(O)OC2. The molecule has 2 atom stereocenters. The molecule has 0 bridgehead atoms. The summed E-state index contributed by atoms with van der Waals surface area (Å²) in [6.07, 6.45) is 0.0276. The van der Waals surface area contributed by atoms with Gasteiger partial charge in [0.25, 0.3) is 11.8 Å². The topological polar surface area (TPSA) is 163 Å². The summed E-state index contributed by atoms with van der Waals surface area (Å²) >= 11 is 0. The van der Waals surface area contributed by atoms with E-state index in [9.17, 15) is 38.0 Å². The van der Waals surface area contributed by atoms with E-state index in [0.29, 0.717) is 0 Å². The Kier molecular flexibility index (Phi) is 8.45. The summed E-state index contributed by atoms with van der Waals surface area (Å²) in [6, 6.07) is 1.91. The number of carbonyl (C=O) groups excluding carboxylic acids is 4. The molecule has 11 nitrogen and oxygen atoms in total. The smallest absolute Gasteiger partial charge is 0.423 e. The molecular formula is C24H25B2F2N3O8. The number of rotatable bonds is 9. The van der Waals surface area contributed by atoms with Crippen molar-refractivity contribution >= 4 is 48.7 Å². The van der Waals surface area contributed by atoms with Gasteiger partial charge in [-0.2, -0.15) is 0 Å². The van der Waals surface area contributed by atoms with Crippen LogP contribution in [0.2, 0.25) is 0 Å². The number of benzene rings is 2. The molecule has 0 aromatic heterocycles. The predicted octanol–water partition coefficient (Wildman–Crippen LogP) is -1.59. The lowest BCUT2D eigenvalue weighted by Gasteiger charge is -2.25. The highest BCUT2D eigenvalue weighted by atomic mass is 19.1. The molecule has 2 aromatic carbocycles. The van der Waals surface area contributed by atoms with Gasteiger partial charge in [0, 0.05) is 35.2 Å². The second-order valence-corrected chi connectivity index (χ2v) is 9.33. The first-order valence-corrected chi connectivity index (χ1v) is 12.1. The van der Waals surface area contributed by atoms with Crippen LogP contribution in [0.3, 0.4) is 0 Å². The van der Waals surface area contributed by atoms with Crippen LogP contribution in [0.25, 0.3) is 0 Å². The first-order chi connectivity index (χ1) is 18.5. The number of Topliss-reactive ketones (excluding diaryl/α,β-unsaturated/α-hetero) is 1. The second-order valence-electron chi connectivity index (χ2n) is 9.33. The predicted molar refractivity (Wildman–Crippen MR) is 134 cm³/mol. The average molecular weight is 543 g/mol. The average Bonchev–Trinajstić information content (AvgIpc) is 3.45. The first-order valence-electron chi connectivity index (χ1n) is 12.1. The van der Waals surface area contributed by atoms with Gasteiger partial charge < -0.3 is 35.3 Å². The molecule has 0 spiro atoms. The first kappa shape index (κ1) is 28.4. The Balaban J connectivity index is 1.54. The molecule has 0 fully saturated rings. The van der Waals surface area contributed by atoms with Crippen LogP contribution >= 0.6 is 0 Å². The largest absolute Gasteiger partial charge is 0.491 e. The summed E-state index contributed by atoms with van der Waals surface area (Å²) in [5, 5.41) is 27.3. The third-order valence-corrected chi connectivity index (χ3v) is 6.49. The van der Waals surface area contributed by atoms with Gasteiger partial charge in [-0.15, -0.1) is 0 Å². The maximum absolute atomic E-state index is 14.5. The van der Waals surface area contributed by atoms with Crippen LogP contribution in [-0.4, -0.2) is 66.4 Å². The maximum atomic E-state index is 14.5. The Morgan fingerprint density at radius 1 is 0.897 bits per heavy atom. The fourth-order valence-electron chi connectivity index (χ4n) is 4.31. The molecule has 2 aliphatic heterocycles. The number of carbonyl (C=O) groups is 4. The molecule has 39 heavy (non-hydrogen) atoms. The van der Waals surface area contributed by atoms with Gasteiger partial charge in [-0.25, -0.2) is 8.78 Å². The van der Waals surface area contributed by atoms with E-state index in [1.54, 1.807) is 0 Å². The summed E-state index contributed by atoms with van der Waals surface area (Å²) in [6.45, 7) is 2.40. The quantitative estimate of drug-likeness (QED) is 0.237. The van der Waals surface area contributed by atoms with Crippen molar-refractivity contribution in [2.75, 3.05) is 6.54 Å². The lowest BCUT2D eigenvalue weighted by Crippen LogP contribution is -2.57. The van der Waals surface area contributed by atoms with Crippen molar-refractivity contribution in [3.8, 4) is 0 Å². The van der Waals surface area contributed by atoms with Crippen molar-refractivity contribution in [2.45, 2.75) is 45.6 Å². The number of nitrogens with one attached hydrogen (secondary N) is 3. The Labute approximate surface area is 222 Å². The van der Waals surface area contributed by atoms with Crippen LogP contribution in [0.4, 0.5) is 8.78 Å². The Bertz CT molecular complexity index is 1340. The Hall–Kier alpha value is -3.65. The van der Waals surface area contributed by atoms with E-state index in [1.165, 1.54) is 26.0 Å². The zero-order valence-corrected chi connectivity index (χ0v) is 21.0. The second kappa shape index (κ2) is 11.6. The zero-order chi connectivity index (χ0) is 28.4. The van der Waals surface area contributed by atoms with Crippen molar-refractivity contribution < 1.29 is 47.3 Å². The standard InChI is InChI=1S/C24H25B2F2N3O8/c1-11(32)3-4-29-24(35)21(31-23(34)14-6-18-16(20(28)8-14)10-39-26(18)37)12(2)30-22(33)13-5-17-15(19(27)7-13)9-38-25(17)36/h5-8,12,21,36-37H,3-4,9-10H2,1-2H3,(H,29,35)(H,30,33)(H,31,34)/t12-,21-/m0/s1. The molecular weight excluding hydrogens is 518 g/mol. The van der Waals surface area contributed by atoms with Crippen LogP contribution in [0.5, 0.6) is 0 Å². The van der Waals surface area contributed by atoms with Gasteiger partial charge in [0.05, 0.1) is 19.3 Å². The number of fused-ring (bicyclic) bond motifs is 2. The van der Waals surface area contributed by atoms with E-state index in [2.05, 4.69) is 16.0 Å². The molecule has 0 saturated heterocycles. The van der Waals surface area contributed by atoms with Gasteiger partial charge in [-0.3, -0.25) is 19.2 Å². The molecule has 15 heteroatoms. The highest BCUT2D eigenvalue weighted by Crippen LogP contribution is 2.18. The minimum atomic E-state index is -1.41. The van der Waals surface area contributed by atoms with Gasteiger partial charge in [0.15, 0.2) is 0 Å². The van der Waals surface area contributed by atoms with Crippen molar-refractivity contribution in [1.82, 2.24) is 16.0 Å². The molecule has 3 amide bonds.